The quantitative estimate of drug-likeness (QED) is 0.719. The van der Waals surface area contributed by atoms with E-state index in [1.165, 1.54) is 54.4 Å². The zero-order valence-electron chi connectivity index (χ0n) is 18.0. The second-order valence-corrected chi connectivity index (χ2v) is 7.19. The number of rotatable bonds is 4. The number of ether oxygens (including phenoxy) is 1. The van der Waals surface area contributed by atoms with Crippen molar-refractivity contribution in [1.82, 2.24) is 4.90 Å². The van der Waals surface area contributed by atoms with Crippen LogP contribution in [0, 0.1) is 23.6 Å². The monoisotopic (exact) mass is 443 g/mol. The molecule has 1 aliphatic carbocycles. The van der Waals surface area contributed by atoms with E-state index in [1.54, 1.807) is 0 Å². The molecule has 1 saturated carbocycles. The molecule has 0 bridgehead atoms. The molecule has 5 nitrogen and oxygen atoms in total. The predicted molar refractivity (Wildman–Crippen MR) is 116 cm³/mol. The van der Waals surface area contributed by atoms with Crippen LogP contribution < -0.4 is 10.5 Å². The lowest BCUT2D eigenvalue weighted by atomic mass is 9.82. The largest absolute Gasteiger partial charge is 0.435 e. The van der Waals surface area contributed by atoms with E-state index in [4.69, 9.17) is 5.73 Å². The minimum absolute atomic E-state index is 0.0113. The summed E-state index contributed by atoms with van der Waals surface area (Å²) in [5.41, 5.74) is 5.26. The highest BCUT2D eigenvalue weighted by Gasteiger charge is 2.49. The summed E-state index contributed by atoms with van der Waals surface area (Å²) in [6.07, 6.45) is 1.99. The van der Waals surface area contributed by atoms with Crippen LogP contribution in [0.1, 0.15) is 43.4 Å². The number of amides is 1. The molecule has 32 heavy (non-hydrogen) atoms. The fraction of sp³-hybridized carbons (Fsp3) is 0.333. The number of hydrogen-bond acceptors (Lipinski definition) is 4. The maximum absolute atomic E-state index is 14.3. The van der Waals surface area contributed by atoms with Gasteiger partial charge in [-0.05, 0) is 48.2 Å². The molecule has 4 rings (SSSR count). The van der Waals surface area contributed by atoms with E-state index in [1.807, 2.05) is 13.8 Å². The van der Waals surface area contributed by atoms with Gasteiger partial charge in [-0.25, -0.2) is 9.38 Å². The van der Waals surface area contributed by atoms with Gasteiger partial charge in [0.1, 0.15) is 11.6 Å². The molecule has 1 amide bonds. The Bertz CT molecular complexity index is 1090. The molecule has 1 atom stereocenters. The summed E-state index contributed by atoms with van der Waals surface area (Å²) in [5, 5.41) is 0. The number of nitrogens with two attached hydrogens (primary N) is 1. The molecule has 0 saturated heterocycles. The van der Waals surface area contributed by atoms with Crippen LogP contribution in [0.3, 0.4) is 0 Å². The number of likely N-dealkylation sites (N-methyl/N-ethyl adjacent to an activating group) is 1. The Hall–Kier alpha value is -3.47. The minimum Gasteiger partial charge on any atom is -0.435 e. The molecule has 0 radical (unpaired) electrons. The number of carbonyl (C=O) groups is 1. The third kappa shape index (κ3) is 4.42. The Morgan fingerprint density at radius 3 is 2.31 bits per heavy atom. The van der Waals surface area contributed by atoms with Crippen molar-refractivity contribution in [3.63, 3.8) is 0 Å². The highest BCUT2D eigenvalue weighted by atomic mass is 19.3. The molecule has 2 aromatic rings. The average Bonchev–Trinajstić information content (AvgIpc) is 3.58. The number of aliphatic imine (C=N–C) groups is 1. The topological polar surface area (TPSA) is 67.9 Å². The molecule has 0 spiro atoms. The summed E-state index contributed by atoms with van der Waals surface area (Å²) < 4.78 is 43.7. The normalized spacial score (nSPS) is 19.7. The fourth-order valence-corrected chi connectivity index (χ4v) is 3.32. The third-order valence-corrected chi connectivity index (χ3v) is 5.11. The zero-order chi connectivity index (χ0) is 23.5. The summed E-state index contributed by atoms with van der Waals surface area (Å²) in [4.78, 5) is 18.8. The molecule has 168 valence electrons. The Morgan fingerprint density at radius 2 is 1.78 bits per heavy atom. The van der Waals surface area contributed by atoms with E-state index < -0.39 is 23.9 Å². The Kier molecular flexibility index (Phi) is 6.78. The van der Waals surface area contributed by atoms with Gasteiger partial charge in [0.2, 0.25) is 0 Å². The number of carbonyl (C=O) groups excluding carboxylic acids is 1. The van der Waals surface area contributed by atoms with E-state index in [9.17, 15) is 18.0 Å². The van der Waals surface area contributed by atoms with Crippen molar-refractivity contribution in [2.24, 2.45) is 16.6 Å². The van der Waals surface area contributed by atoms with Gasteiger partial charge < -0.3 is 10.5 Å². The number of benzene rings is 2. The molecule has 2 N–H and O–H groups in total. The first-order valence-corrected chi connectivity index (χ1v) is 10.3. The van der Waals surface area contributed by atoms with Crippen molar-refractivity contribution in [2.45, 2.75) is 38.8 Å². The highest BCUT2D eigenvalue weighted by Crippen LogP contribution is 2.40. The predicted octanol–water partition coefficient (Wildman–Crippen LogP) is 4.25. The van der Waals surface area contributed by atoms with E-state index >= 15 is 0 Å². The van der Waals surface area contributed by atoms with Crippen molar-refractivity contribution < 1.29 is 22.7 Å². The molecule has 1 aliphatic heterocycles. The van der Waals surface area contributed by atoms with Crippen LogP contribution in [0.25, 0.3) is 0 Å². The first-order chi connectivity index (χ1) is 15.3. The number of hydrogen-bond donors (Lipinski definition) is 1. The van der Waals surface area contributed by atoms with Gasteiger partial charge in [0, 0.05) is 13.0 Å². The van der Waals surface area contributed by atoms with Gasteiger partial charge in [-0.3, -0.25) is 9.69 Å². The van der Waals surface area contributed by atoms with Crippen LogP contribution in [0.4, 0.5) is 13.2 Å². The minimum atomic E-state index is -2.97. The van der Waals surface area contributed by atoms with Crippen LogP contribution in [0.5, 0.6) is 5.75 Å². The van der Waals surface area contributed by atoms with Gasteiger partial charge in [0.15, 0.2) is 11.5 Å². The SMILES string of the molecule is CC.CN1C(=O)C(c2ccc(OC(F)F)cc2)(c2ccc(F)c(C#CC3CC3)c2)N=C1N. The first kappa shape index (κ1) is 23.2. The number of guanidine groups is 1. The summed E-state index contributed by atoms with van der Waals surface area (Å²) >= 11 is 0. The van der Waals surface area contributed by atoms with Crippen molar-refractivity contribution in [3.05, 3.63) is 65.0 Å². The second kappa shape index (κ2) is 9.35. The summed E-state index contributed by atoms with van der Waals surface area (Å²) in [7, 11) is 1.48. The zero-order valence-corrected chi connectivity index (χ0v) is 18.0. The maximum Gasteiger partial charge on any atom is 0.387 e. The molecule has 8 heteroatoms. The molecule has 1 unspecified atom stereocenters. The molecule has 2 aliphatic rings. The van der Waals surface area contributed by atoms with E-state index in [2.05, 4.69) is 21.6 Å². The highest BCUT2D eigenvalue weighted by molar-refractivity contribution is 6.08. The summed E-state index contributed by atoms with van der Waals surface area (Å²) in [6, 6.07) is 9.74. The molecule has 2 aromatic carbocycles. The van der Waals surface area contributed by atoms with Gasteiger partial charge in [-0.1, -0.05) is 43.9 Å². The van der Waals surface area contributed by atoms with Crippen LogP contribution in [-0.2, 0) is 10.3 Å². The third-order valence-electron chi connectivity index (χ3n) is 5.11. The van der Waals surface area contributed by atoms with E-state index in [0.29, 0.717) is 11.1 Å². The van der Waals surface area contributed by atoms with Crippen LogP contribution in [-0.4, -0.2) is 30.4 Å². The summed E-state index contributed by atoms with van der Waals surface area (Å²) in [5.74, 6) is 5.10. The van der Waals surface area contributed by atoms with Crippen LogP contribution in [0.15, 0.2) is 47.5 Å². The van der Waals surface area contributed by atoms with Crippen molar-refractivity contribution in [1.29, 1.82) is 0 Å². The van der Waals surface area contributed by atoms with Gasteiger partial charge in [0.25, 0.3) is 5.91 Å². The van der Waals surface area contributed by atoms with Gasteiger partial charge in [0.05, 0.1) is 5.56 Å². The lowest BCUT2D eigenvalue weighted by Gasteiger charge is -2.26. The van der Waals surface area contributed by atoms with E-state index in [0.717, 1.165) is 12.8 Å². The smallest absolute Gasteiger partial charge is 0.387 e. The Labute approximate surface area is 185 Å². The van der Waals surface area contributed by atoms with E-state index in [-0.39, 0.29) is 23.2 Å². The van der Waals surface area contributed by atoms with Gasteiger partial charge >= 0.3 is 6.61 Å². The number of nitrogens with zero attached hydrogens (tertiary/aromatic N) is 2. The lowest BCUT2D eigenvalue weighted by Crippen LogP contribution is -2.41. The molecule has 1 heterocycles. The standard InChI is InChI=1S/C22H18F3N3O2.C2H6/c1-28-19(29)22(27-21(28)26,15-6-9-17(10-7-15)30-20(24)25)16-8-11-18(23)14(12-16)5-4-13-2-3-13;1-2/h6-13,20H,2-3H2,1H3,(H2,26,27);1-2H3. The Morgan fingerprint density at radius 1 is 1.16 bits per heavy atom. The van der Waals surface area contributed by atoms with Gasteiger partial charge in [-0.15, -0.1) is 0 Å². The maximum atomic E-state index is 14.3. The van der Waals surface area contributed by atoms with Crippen molar-refractivity contribution in [2.75, 3.05) is 7.05 Å². The van der Waals surface area contributed by atoms with Crippen LogP contribution in [0.2, 0.25) is 0 Å². The molecular weight excluding hydrogens is 419 g/mol. The van der Waals surface area contributed by atoms with Crippen LogP contribution >= 0.6 is 0 Å². The van der Waals surface area contributed by atoms with Gasteiger partial charge in [-0.2, -0.15) is 8.78 Å². The van der Waals surface area contributed by atoms with Crippen molar-refractivity contribution in [3.8, 4) is 17.6 Å². The van der Waals surface area contributed by atoms with Crippen molar-refractivity contribution >= 4 is 11.9 Å². The Balaban J connectivity index is 0.00000141. The number of alkyl halides is 2. The molecular formula is C24H24F3N3O2. The first-order valence-electron chi connectivity index (χ1n) is 10.3. The fourth-order valence-electron chi connectivity index (χ4n) is 3.32. The lowest BCUT2D eigenvalue weighted by molar-refractivity contribution is -0.129. The molecule has 0 aromatic heterocycles. The second-order valence-electron chi connectivity index (χ2n) is 7.19. The summed E-state index contributed by atoms with van der Waals surface area (Å²) in [6.45, 7) is 1.03. The number of halogens is 3. The average molecular weight is 443 g/mol. The molecule has 1 fully saturated rings.